The summed E-state index contributed by atoms with van der Waals surface area (Å²) in [5, 5.41) is 9.87. The minimum absolute atomic E-state index is 0.185. The third-order valence-corrected chi connectivity index (χ3v) is 6.40. The number of halogens is 12. The van der Waals surface area contributed by atoms with Crippen LogP contribution in [0.25, 0.3) is 0 Å². The van der Waals surface area contributed by atoms with Crippen LogP contribution in [0.15, 0.2) is 24.3 Å². The minimum atomic E-state index is -6.58. The molecule has 0 spiro atoms. The summed E-state index contributed by atoms with van der Waals surface area (Å²) >= 11 is 0. The molecule has 0 bridgehead atoms. The van der Waals surface area contributed by atoms with Gasteiger partial charge in [-0.1, -0.05) is 13.2 Å². The van der Waals surface area contributed by atoms with Gasteiger partial charge in [0.25, 0.3) is 11.2 Å². The van der Waals surface area contributed by atoms with Gasteiger partial charge in [0.05, 0.1) is 6.10 Å². The molecule has 0 aliphatic heterocycles. The largest absolute Gasteiger partial charge is 0.455 e. The van der Waals surface area contributed by atoms with Crippen molar-refractivity contribution in [3.8, 4) is 0 Å². The van der Waals surface area contributed by atoms with Crippen molar-refractivity contribution in [2.75, 3.05) is 0 Å². The van der Waals surface area contributed by atoms with Crippen LogP contribution in [-0.2, 0) is 23.8 Å². The van der Waals surface area contributed by atoms with Crippen molar-refractivity contribution in [1.29, 1.82) is 0 Å². The number of carbonyl (C=O) groups excluding carboxylic acids is 2. The normalized spacial score (nSPS) is 20.4. The van der Waals surface area contributed by atoms with Crippen LogP contribution < -0.4 is 0 Å². The van der Waals surface area contributed by atoms with Crippen LogP contribution in [0.1, 0.15) is 47.0 Å². The summed E-state index contributed by atoms with van der Waals surface area (Å²) in [7, 11) is 0. The first-order valence-corrected chi connectivity index (χ1v) is 11.4. The Labute approximate surface area is 225 Å². The van der Waals surface area contributed by atoms with E-state index in [0.717, 1.165) is 13.8 Å². The zero-order valence-corrected chi connectivity index (χ0v) is 21.8. The molecule has 3 atom stereocenters. The predicted octanol–water partition coefficient (Wildman–Crippen LogP) is 6.28. The fourth-order valence-electron chi connectivity index (χ4n) is 4.34. The lowest BCUT2D eigenvalue weighted by Gasteiger charge is -2.47. The molecule has 238 valence electrons. The van der Waals surface area contributed by atoms with Crippen LogP contribution in [0.5, 0.6) is 0 Å². The van der Waals surface area contributed by atoms with E-state index in [9.17, 15) is 67.4 Å². The maximum atomic E-state index is 14.2. The molecule has 18 heteroatoms. The lowest BCUT2D eigenvalue weighted by molar-refractivity contribution is -0.427. The molecule has 0 aromatic rings. The van der Waals surface area contributed by atoms with E-state index in [4.69, 9.17) is 0 Å². The molecule has 1 rings (SSSR count). The van der Waals surface area contributed by atoms with Crippen molar-refractivity contribution in [3.63, 3.8) is 0 Å². The van der Waals surface area contributed by atoms with Crippen molar-refractivity contribution in [2.45, 2.75) is 101 Å². The molecule has 0 saturated heterocycles. The first-order chi connectivity index (χ1) is 18.0. The van der Waals surface area contributed by atoms with Crippen LogP contribution in [-0.4, -0.2) is 70.8 Å². The SMILES string of the molecule is C=C(C)C(=O)OC(C1CCC(OC(C(F)(F)F)(C(F)(F)F)C(C)(C)OC(=O)C(=C)C)C1)C(O)(C(F)(F)F)C(F)(F)F. The topological polar surface area (TPSA) is 82.1 Å². The first-order valence-electron chi connectivity index (χ1n) is 11.4. The van der Waals surface area contributed by atoms with Crippen molar-refractivity contribution < 1.29 is 81.6 Å². The highest BCUT2D eigenvalue weighted by molar-refractivity contribution is 5.87. The van der Waals surface area contributed by atoms with Gasteiger partial charge in [-0.25, -0.2) is 9.59 Å². The lowest BCUT2D eigenvalue weighted by atomic mass is 9.82. The Kier molecular flexibility index (Phi) is 10.1. The Morgan fingerprint density at radius 3 is 1.51 bits per heavy atom. The molecule has 0 amide bonds. The van der Waals surface area contributed by atoms with Crippen LogP contribution in [0.3, 0.4) is 0 Å². The van der Waals surface area contributed by atoms with Crippen LogP contribution in [0, 0.1) is 5.92 Å². The molecule has 1 fully saturated rings. The summed E-state index contributed by atoms with van der Waals surface area (Å²) in [6.07, 6.45) is -35.4. The Hall–Kier alpha value is -2.50. The standard InChI is InChI=1S/C23H26F12O6/c1-10(2)15(36)39-14(18(38,20(24,25)26)21(27,28)29)12-7-8-13(9-12)40-19(22(30,31)32,23(33,34)35)17(5,6)41-16(37)11(3)4/h12-14,38H,1,3,7-9H2,2,4-6H3. The summed E-state index contributed by atoms with van der Waals surface area (Å²) in [6.45, 7) is 8.11. The maximum absolute atomic E-state index is 14.2. The Morgan fingerprint density at radius 2 is 1.17 bits per heavy atom. The Morgan fingerprint density at radius 1 is 0.756 bits per heavy atom. The number of esters is 2. The monoisotopic (exact) mass is 626 g/mol. The fourth-order valence-corrected chi connectivity index (χ4v) is 4.34. The van der Waals surface area contributed by atoms with Gasteiger partial charge in [0.15, 0.2) is 11.7 Å². The van der Waals surface area contributed by atoms with Gasteiger partial charge in [-0.15, -0.1) is 0 Å². The number of ether oxygens (including phenoxy) is 3. The molecular weight excluding hydrogens is 600 g/mol. The minimum Gasteiger partial charge on any atom is -0.455 e. The molecule has 6 nitrogen and oxygen atoms in total. The van der Waals surface area contributed by atoms with Gasteiger partial charge in [0.1, 0.15) is 0 Å². The number of aliphatic hydroxyl groups is 1. The molecule has 1 aliphatic carbocycles. The van der Waals surface area contributed by atoms with Crippen LogP contribution >= 0.6 is 0 Å². The summed E-state index contributed by atoms with van der Waals surface area (Å²) < 4.78 is 180. The van der Waals surface area contributed by atoms with Crippen molar-refractivity contribution in [1.82, 2.24) is 0 Å². The van der Waals surface area contributed by atoms with Crippen molar-refractivity contribution >= 4 is 11.9 Å². The van der Waals surface area contributed by atoms with E-state index in [1.807, 2.05) is 0 Å². The predicted molar refractivity (Wildman–Crippen MR) is 114 cm³/mol. The molecule has 1 N–H and O–H groups in total. The highest BCUT2D eigenvalue weighted by atomic mass is 19.4. The smallest absolute Gasteiger partial charge is 0.430 e. The van der Waals surface area contributed by atoms with Gasteiger partial charge in [0, 0.05) is 17.1 Å². The van der Waals surface area contributed by atoms with Crippen molar-refractivity contribution in [2.24, 2.45) is 5.92 Å². The fraction of sp³-hybridized carbons (Fsp3) is 0.739. The van der Waals surface area contributed by atoms with Gasteiger partial charge >= 0.3 is 36.6 Å². The third-order valence-electron chi connectivity index (χ3n) is 6.40. The van der Waals surface area contributed by atoms with Gasteiger partial charge in [0.2, 0.25) is 0 Å². The number of carbonyl (C=O) groups is 2. The molecule has 41 heavy (non-hydrogen) atoms. The van der Waals surface area contributed by atoms with E-state index < -0.39 is 102 Å². The first kappa shape index (κ1) is 36.5. The molecule has 0 heterocycles. The molecular formula is C23H26F12O6. The Bertz CT molecular complexity index is 994. The zero-order chi connectivity index (χ0) is 32.8. The molecule has 0 aromatic heterocycles. The highest BCUT2D eigenvalue weighted by Gasteiger charge is 2.82. The zero-order valence-electron chi connectivity index (χ0n) is 21.8. The summed E-state index contributed by atoms with van der Waals surface area (Å²) in [4.78, 5) is 23.8. The number of hydrogen-bond donors (Lipinski definition) is 1. The molecule has 0 aromatic carbocycles. The lowest BCUT2D eigenvalue weighted by Crippen LogP contribution is -2.72. The second-order valence-electron chi connectivity index (χ2n) is 10.0. The van der Waals surface area contributed by atoms with Gasteiger partial charge in [-0.05, 0) is 47.0 Å². The van der Waals surface area contributed by atoms with Gasteiger partial charge < -0.3 is 19.3 Å². The van der Waals surface area contributed by atoms with Gasteiger partial charge in [-0.2, -0.15) is 52.7 Å². The number of hydrogen-bond acceptors (Lipinski definition) is 6. The Balaban J connectivity index is 3.70. The summed E-state index contributed by atoms with van der Waals surface area (Å²) in [5.41, 5.74) is -16.1. The maximum Gasteiger partial charge on any atom is 0.430 e. The van der Waals surface area contributed by atoms with Crippen LogP contribution in [0.2, 0.25) is 0 Å². The third kappa shape index (κ3) is 6.78. The average molecular weight is 626 g/mol. The van der Waals surface area contributed by atoms with Crippen molar-refractivity contribution in [3.05, 3.63) is 24.3 Å². The van der Waals surface area contributed by atoms with E-state index in [1.54, 1.807) is 0 Å². The molecule has 1 saturated carbocycles. The quantitative estimate of drug-likeness (QED) is 0.185. The van der Waals surface area contributed by atoms with E-state index in [0.29, 0.717) is 0 Å². The van der Waals surface area contributed by atoms with Crippen LogP contribution in [0.4, 0.5) is 52.7 Å². The highest BCUT2D eigenvalue weighted by Crippen LogP contribution is 2.56. The van der Waals surface area contributed by atoms with E-state index in [-0.39, 0.29) is 13.8 Å². The summed E-state index contributed by atoms with van der Waals surface area (Å²) in [6, 6.07) is 0. The number of rotatable bonds is 9. The second kappa shape index (κ2) is 11.3. The number of alkyl halides is 12. The average Bonchev–Trinajstić information content (AvgIpc) is 3.19. The second-order valence-corrected chi connectivity index (χ2v) is 10.0. The van der Waals surface area contributed by atoms with E-state index in [1.165, 1.54) is 0 Å². The molecule has 1 aliphatic rings. The molecule has 3 unspecified atom stereocenters. The van der Waals surface area contributed by atoms with E-state index in [2.05, 4.69) is 27.4 Å². The van der Waals surface area contributed by atoms with Gasteiger partial charge in [-0.3, -0.25) is 0 Å². The molecule has 0 radical (unpaired) electrons. The summed E-state index contributed by atoms with van der Waals surface area (Å²) in [5.74, 6) is -5.89. The van der Waals surface area contributed by atoms with E-state index >= 15 is 0 Å².